The van der Waals surface area contributed by atoms with E-state index in [4.69, 9.17) is 9.47 Å². The summed E-state index contributed by atoms with van der Waals surface area (Å²) in [5.74, 6) is 1.93. The first-order valence-corrected chi connectivity index (χ1v) is 11.1. The van der Waals surface area contributed by atoms with Crippen molar-refractivity contribution in [2.24, 2.45) is 10.9 Å². The number of guanidine groups is 1. The number of hydrogen-bond acceptors (Lipinski definition) is 4. The predicted molar refractivity (Wildman–Crippen MR) is 126 cm³/mol. The Labute approximate surface area is 189 Å². The number of nitrogens with zero attached hydrogens (tertiary/aromatic N) is 1. The Morgan fingerprint density at radius 1 is 1.36 bits per heavy atom. The van der Waals surface area contributed by atoms with E-state index in [0.717, 1.165) is 75.2 Å². The summed E-state index contributed by atoms with van der Waals surface area (Å²) in [5, 5.41) is 6.59. The second-order valence-corrected chi connectivity index (χ2v) is 7.49. The first-order chi connectivity index (χ1) is 13.2. The molecule has 1 aliphatic heterocycles. The van der Waals surface area contributed by atoms with Gasteiger partial charge in [0.05, 0.1) is 19.8 Å². The topological polar surface area (TPSA) is 54.9 Å². The Morgan fingerprint density at radius 2 is 2.21 bits per heavy atom. The Bertz CT molecular complexity index is 587. The van der Waals surface area contributed by atoms with Crippen LogP contribution in [-0.4, -0.2) is 51.7 Å². The van der Waals surface area contributed by atoms with Gasteiger partial charge in [0.15, 0.2) is 5.96 Å². The van der Waals surface area contributed by atoms with Crippen molar-refractivity contribution in [3.63, 3.8) is 0 Å². The lowest BCUT2D eigenvalue weighted by atomic mass is 10.1. The van der Waals surface area contributed by atoms with Crippen LogP contribution in [0.5, 0.6) is 0 Å². The second kappa shape index (κ2) is 15.3. The zero-order valence-corrected chi connectivity index (χ0v) is 20.0. The fourth-order valence-electron chi connectivity index (χ4n) is 2.89. The summed E-state index contributed by atoms with van der Waals surface area (Å²) in [6, 6.07) is 4.94. The van der Waals surface area contributed by atoms with Gasteiger partial charge in [0.2, 0.25) is 0 Å². The van der Waals surface area contributed by atoms with E-state index >= 15 is 0 Å². The van der Waals surface area contributed by atoms with Crippen molar-refractivity contribution in [1.82, 2.24) is 10.6 Å². The van der Waals surface area contributed by atoms with Crippen LogP contribution in [0.1, 0.15) is 30.9 Å². The number of hydrogen-bond donors (Lipinski definition) is 2. The van der Waals surface area contributed by atoms with Crippen LogP contribution in [0.2, 0.25) is 0 Å². The molecule has 1 saturated heterocycles. The lowest BCUT2D eigenvalue weighted by Gasteiger charge is -2.13. The predicted octanol–water partition coefficient (Wildman–Crippen LogP) is 3.81. The van der Waals surface area contributed by atoms with Crippen LogP contribution < -0.4 is 10.6 Å². The molecule has 2 N–H and O–H groups in total. The van der Waals surface area contributed by atoms with E-state index in [1.165, 1.54) is 6.07 Å². The van der Waals surface area contributed by atoms with E-state index in [2.05, 4.69) is 15.6 Å². The molecule has 2 rings (SSSR count). The van der Waals surface area contributed by atoms with Crippen LogP contribution in [0.15, 0.2) is 23.2 Å². The number of rotatable bonds is 11. The third kappa shape index (κ3) is 9.76. The highest BCUT2D eigenvalue weighted by Gasteiger charge is 2.15. The molecule has 1 aromatic rings. The average molecular weight is 525 g/mol. The minimum atomic E-state index is -0.194. The molecular weight excluding hydrogens is 492 g/mol. The van der Waals surface area contributed by atoms with Gasteiger partial charge in [-0.2, -0.15) is 11.8 Å². The molecule has 1 aromatic carbocycles. The molecule has 1 fully saturated rings. The largest absolute Gasteiger partial charge is 0.381 e. The number of benzene rings is 1. The number of ether oxygens (including phenoxy) is 2. The quantitative estimate of drug-likeness (QED) is 0.199. The maximum absolute atomic E-state index is 13.5. The van der Waals surface area contributed by atoms with Crippen molar-refractivity contribution in [1.29, 1.82) is 0 Å². The SMILES string of the molecule is CCNC(=NCc1ccc(F)cc1CSC)NCCCOCC1CCOC1.I. The lowest BCUT2D eigenvalue weighted by Crippen LogP contribution is -2.38. The first-order valence-electron chi connectivity index (χ1n) is 9.66. The number of aliphatic imine (C=N–C) groups is 1. The van der Waals surface area contributed by atoms with E-state index in [1.54, 1.807) is 17.8 Å². The Morgan fingerprint density at radius 3 is 2.93 bits per heavy atom. The van der Waals surface area contributed by atoms with E-state index in [0.29, 0.717) is 12.5 Å². The molecule has 0 radical (unpaired) electrons. The van der Waals surface area contributed by atoms with E-state index in [9.17, 15) is 4.39 Å². The Hall–Kier alpha value is -0.580. The molecule has 1 aliphatic rings. The molecule has 160 valence electrons. The standard InChI is InChI=1S/C20H32FN3O2S.HI/c1-3-22-20(23-8-4-9-25-13-16-7-10-26-14-16)24-12-17-5-6-19(21)11-18(17)15-27-2;/h5-6,11,16H,3-4,7-10,12-15H2,1-2H3,(H2,22,23,24);1H. The molecule has 8 heteroatoms. The van der Waals surface area contributed by atoms with Crippen LogP contribution in [0.4, 0.5) is 4.39 Å². The Balaban J connectivity index is 0.00000392. The zero-order valence-electron chi connectivity index (χ0n) is 16.8. The first kappa shape index (κ1) is 25.5. The summed E-state index contributed by atoms with van der Waals surface area (Å²) >= 11 is 1.68. The van der Waals surface area contributed by atoms with Crippen LogP contribution in [-0.2, 0) is 21.8 Å². The van der Waals surface area contributed by atoms with Gasteiger partial charge in [0, 0.05) is 38.0 Å². The van der Waals surface area contributed by atoms with Crippen molar-refractivity contribution in [2.75, 3.05) is 45.8 Å². The van der Waals surface area contributed by atoms with Gasteiger partial charge in [-0.1, -0.05) is 6.07 Å². The maximum Gasteiger partial charge on any atom is 0.191 e. The van der Waals surface area contributed by atoms with Gasteiger partial charge in [-0.05, 0) is 49.3 Å². The van der Waals surface area contributed by atoms with Crippen LogP contribution in [0.3, 0.4) is 0 Å². The van der Waals surface area contributed by atoms with Crippen LogP contribution >= 0.6 is 35.7 Å². The number of thioether (sulfide) groups is 1. The molecule has 0 amide bonds. The molecule has 28 heavy (non-hydrogen) atoms. The maximum atomic E-state index is 13.5. The van der Waals surface area contributed by atoms with E-state index in [-0.39, 0.29) is 29.8 Å². The fraction of sp³-hybridized carbons (Fsp3) is 0.650. The number of halogens is 2. The van der Waals surface area contributed by atoms with Gasteiger partial charge in [0.25, 0.3) is 0 Å². The highest BCUT2D eigenvalue weighted by molar-refractivity contribution is 14.0. The third-order valence-corrected chi connectivity index (χ3v) is 4.96. The highest BCUT2D eigenvalue weighted by Crippen LogP contribution is 2.17. The van der Waals surface area contributed by atoms with E-state index in [1.807, 2.05) is 19.2 Å². The molecule has 0 saturated carbocycles. The monoisotopic (exact) mass is 525 g/mol. The normalized spacial score (nSPS) is 16.7. The highest BCUT2D eigenvalue weighted by atomic mass is 127. The van der Waals surface area contributed by atoms with Crippen molar-refractivity contribution in [3.8, 4) is 0 Å². The minimum absolute atomic E-state index is 0. The molecule has 1 unspecified atom stereocenters. The summed E-state index contributed by atoms with van der Waals surface area (Å²) in [5.41, 5.74) is 2.07. The smallest absolute Gasteiger partial charge is 0.191 e. The van der Waals surface area contributed by atoms with Gasteiger partial charge in [-0.15, -0.1) is 24.0 Å². The molecule has 1 heterocycles. The minimum Gasteiger partial charge on any atom is -0.381 e. The summed E-state index contributed by atoms with van der Waals surface area (Å²) < 4.78 is 24.5. The Kier molecular flexibility index (Phi) is 13.9. The molecule has 0 aromatic heterocycles. The molecular formula is C20H33FIN3O2S. The van der Waals surface area contributed by atoms with Crippen LogP contribution in [0, 0.1) is 11.7 Å². The van der Waals surface area contributed by atoms with Gasteiger partial charge in [-0.3, -0.25) is 0 Å². The molecule has 5 nitrogen and oxygen atoms in total. The van der Waals surface area contributed by atoms with Gasteiger partial charge in [0.1, 0.15) is 5.82 Å². The van der Waals surface area contributed by atoms with Gasteiger partial charge >= 0.3 is 0 Å². The van der Waals surface area contributed by atoms with Crippen LogP contribution in [0.25, 0.3) is 0 Å². The average Bonchev–Trinajstić information content (AvgIpc) is 3.17. The molecule has 0 bridgehead atoms. The molecule has 0 aliphatic carbocycles. The van der Waals surface area contributed by atoms with Crippen molar-refractivity contribution < 1.29 is 13.9 Å². The molecule has 0 spiro atoms. The summed E-state index contributed by atoms with van der Waals surface area (Å²) in [6.45, 7) is 7.39. The van der Waals surface area contributed by atoms with Gasteiger partial charge in [-0.25, -0.2) is 9.38 Å². The fourth-order valence-corrected chi connectivity index (χ4v) is 3.47. The van der Waals surface area contributed by atoms with Gasteiger partial charge < -0.3 is 20.1 Å². The molecule has 1 atom stereocenters. The number of nitrogens with one attached hydrogen (secondary N) is 2. The summed E-state index contributed by atoms with van der Waals surface area (Å²) in [7, 11) is 0. The third-order valence-electron chi connectivity index (χ3n) is 4.36. The van der Waals surface area contributed by atoms with E-state index < -0.39 is 0 Å². The van der Waals surface area contributed by atoms with Crippen molar-refractivity contribution >= 4 is 41.7 Å². The van der Waals surface area contributed by atoms with Crippen molar-refractivity contribution in [3.05, 3.63) is 35.1 Å². The zero-order chi connectivity index (χ0) is 19.3. The summed E-state index contributed by atoms with van der Waals surface area (Å²) in [4.78, 5) is 4.64. The summed E-state index contributed by atoms with van der Waals surface area (Å²) in [6.07, 6.45) is 4.05. The lowest BCUT2D eigenvalue weighted by molar-refractivity contribution is 0.0888. The second-order valence-electron chi connectivity index (χ2n) is 6.63. The van der Waals surface area contributed by atoms with Crippen molar-refractivity contribution in [2.45, 2.75) is 32.1 Å².